The lowest BCUT2D eigenvalue weighted by molar-refractivity contribution is -0.141. The van der Waals surface area contributed by atoms with Crippen molar-refractivity contribution in [3.63, 3.8) is 0 Å². The molecule has 19 heavy (non-hydrogen) atoms. The van der Waals surface area contributed by atoms with E-state index >= 15 is 0 Å². The van der Waals surface area contributed by atoms with E-state index in [1.54, 1.807) is 12.3 Å². The van der Waals surface area contributed by atoms with Gasteiger partial charge in [0, 0.05) is 12.4 Å². The van der Waals surface area contributed by atoms with Crippen molar-refractivity contribution < 1.29 is 13.2 Å². The molecule has 0 bridgehead atoms. The SMILES string of the molecule is N#Cc1ccc(C(F)(F)F)nc1NCc1ncc[nH]1. The lowest BCUT2D eigenvalue weighted by atomic mass is 10.2. The van der Waals surface area contributed by atoms with Gasteiger partial charge in [0.05, 0.1) is 12.1 Å². The minimum atomic E-state index is -4.55. The Kier molecular flexibility index (Phi) is 3.37. The third-order valence-electron chi connectivity index (χ3n) is 2.28. The van der Waals surface area contributed by atoms with Crippen LogP contribution in [0.4, 0.5) is 19.0 Å². The van der Waals surface area contributed by atoms with Gasteiger partial charge >= 0.3 is 6.18 Å². The first kappa shape index (κ1) is 12.9. The molecule has 0 atom stereocenters. The van der Waals surface area contributed by atoms with Gasteiger partial charge in [0.15, 0.2) is 0 Å². The van der Waals surface area contributed by atoms with E-state index in [2.05, 4.69) is 20.3 Å². The van der Waals surface area contributed by atoms with Crippen LogP contribution in [0.25, 0.3) is 0 Å². The van der Waals surface area contributed by atoms with Crippen LogP contribution < -0.4 is 5.32 Å². The van der Waals surface area contributed by atoms with Gasteiger partial charge in [0.25, 0.3) is 0 Å². The number of aromatic nitrogens is 3. The van der Waals surface area contributed by atoms with Crippen molar-refractivity contribution in [2.75, 3.05) is 5.32 Å². The number of aromatic amines is 1. The molecule has 2 N–H and O–H groups in total. The van der Waals surface area contributed by atoms with E-state index in [1.165, 1.54) is 6.20 Å². The number of imidazole rings is 1. The van der Waals surface area contributed by atoms with E-state index in [0.29, 0.717) is 5.82 Å². The van der Waals surface area contributed by atoms with E-state index in [0.717, 1.165) is 12.1 Å². The van der Waals surface area contributed by atoms with Crippen LogP contribution in [0.2, 0.25) is 0 Å². The van der Waals surface area contributed by atoms with Gasteiger partial charge in [-0.15, -0.1) is 0 Å². The molecule has 0 radical (unpaired) electrons. The molecule has 0 saturated carbocycles. The van der Waals surface area contributed by atoms with Gasteiger partial charge in [-0.05, 0) is 12.1 Å². The molecular formula is C11H8F3N5. The summed E-state index contributed by atoms with van der Waals surface area (Å²) >= 11 is 0. The first-order chi connectivity index (χ1) is 9.00. The summed E-state index contributed by atoms with van der Waals surface area (Å²) in [6.07, 6.45) is -1.45. The highest BCUT2D eigenvalue weighted by molar-refractivity contribution is 5.52. The zero-order valence-electron chi connectivity index (χ0n) is 9.49. The standard InChI is InChI=1S/C11H8F3N5/c12-11(13,14)8-2-1-7(5-15)10(19-8)18-6-9-16-3-4-17-9/h1-4H,6H2,(H,16,17)(H,18,19). The second kappa shape index (κ2) is 4.97. The summed E-state index contributed by atoms with van der Waals surface area (Å²) < 4.78 is 37.6. The molecule has 0 saturated heterocycles. The molecule has 2 rings (SSSR count). The van der Waals surface area contributed by atoms with Crippen LogP contribution in [0.15, 0.2) is 24.5 Å². The molecule has 98 valence electrons. The van der Waals surface area contributed by atoms with Crippen molar-refractivity contribution in [2.45, 2.75) is 12.7 Å². The Balaban J connectivity index is 2.24. The zero-order valence-corrected chi connectivity index (χ0v) is 9.49. The first-order valence-electron chi connectivity index (χ1n) is 5.21. The number of hydrogen-bond acceptors (Lipinski definition) is 4. The summed E-state index contributed by atoms with van der Waals surface area (Å²) in [6.45, 7) is 0.149. The Bertz CT molecular complexity index is 598. The van der Waals surface area contributed by atoms with E-state index < -0.39 is 11.9 Å². The first-order valence-corrected chi connectivity index (χ1v) is 5.21. The number of pyridine rings is 1. The van der Waals surface area contributed by atoms with E-state index in [1.807, 2.05) is 0 Å². The predicted octanol–water partition coefficient (Wildman–Crippen LogP) is 2.31. The minimum Gasteiger partial charge on any atom is -0.362 e. The van der Waals surface area contributed by atoms with Crippen LogP contribution in [0.5, 0.6) is 0 Å². The summed E-state index contributed by atoms with van der Waals surface area (Å²) in [5.74, 6) is 0.414. The average Bonchev–Trinajstić information content (AvgIpc) is 2.88. The van der Waals surface area contributed by atoms with Crippen LogP contribution in [-0.2, 0) is 12.7 Å². The highest BCUT2D eigenvalue weighted by atomic mass is 19.4. The number of halogens is 3. The maximum absolute atomic E-state index is 12.5. The van der Waals surface area contributed by atoms with Gasteiger partial charge in [-0.3, -0.25) is 0 Å². The molecule has 0 aliphatic rings. The molecule has 5 nitrogen and oxygen atoms in total. The van der Waals surface area contributed by atoms with Crippen LogP contribution in [0.3, 0.4) is 0 Å². The highest BCUT2D eigenvalue weighted by Crippen LogP contribution is 2.29. The molecule has 0 fully saturated rings. The van der Waals surface area contributed by atoms with Crippen molar-refractivity contribution in [3.8, 4) is 6.07 Å². The Labute approximate surface area is 106 Å². The lowest BCUT2D eigenvalue weighted by Crippen LogP contribution is -2.12. The Hall–Kier alpha value is -2.56. The number of hydrogen-bond donors (Lipinski definition) is 2. The van der Waals surface area contributed by atoms with Crippen molar-refractivity contribution in [1.29, 1.82) is 5.26 Å². The Morgan fingerprint density at radius 1 is 1.37 bits per heavy atom. The maximum atomic E-state index is 12.5. The number of nitriles is 1. The molecule has 0 amide bonds. The minimum absolute atomic E-state index is 0.0413. The van der Waals surface area contributed by atoms with Crippen LogP contribution in [0, 0.1) is 11.3 Å². The zero-order chi connectivity index (χ0) is 13.9. The van der Waals surface area contributed by atoms with E-state index in [4.69, 9.17) is 5.26 Å². The number of nitrogens with one attached hydrogen (secondary N) is 2. The van der Waals surface area contributed by atoms with Gasteiger partial charge in [-0.1, -0.05) is 0 Å². The topological polar surface area (TPSA) is 77.4 Å². The van der Waals surface area contributed by atoms with Crippen LogP contribution in [-0.4, -0.2) is 15.0 Å². The van der Waals surface area contributed by atoms with Gasteiger partial charge in [-0.2, -0.15) is 18.4 Å². The maximum Gasteiger partial charge on any atom is 0.433 e. The van der Waals surface area contributed by atoms with Crippen molar-refractivity contribution in [2.24, 2.45) is 0 Å². The average molecular weight is 267 g/mol. The lowest BCUT2D eigenvalue weighted by Gasteiger charge is -2.10. The smallest absolute Gasteiger partial charge is 0.362 e. The predicted molar refractivity (Wildman–Crippen MR) is 59.9 cm³/mol. The number of alkyl halides is 3. The Morgan fingerprint density at radius 2 is 2.16 bits per heavy atom. The number of rotatable bonds is 3. The fourth-order valence-electron chi connectivity index (χ4n) is 1.40. The van der Waals surface area contributed by atoms with Crippen molar-refractivity contribution >= 4 is 5.82 Å². The van der Waals surface area contributed by atoms with Crippen molar-refractivity contribution in [1.82, 2.24) is 15.0 Å². The van der Waals surface area contributed by atoms with E-state index in [9.17, 15) is 13.2 Å². The third kappa shape index (κ3) is 3.01. The second-order valence-corrected chi connectivity index (χ2v) is 3.59. The molecule has 2 heterocycles. The molecule has 0 spiro atoms. The monoisotopic (exact) mass is 267 g/mol. The highest BCUT2D eigenvalue weighted by Gasteiger charge is 2.33. The van der Waals surface area contributed by atoms with E-state index in [-0.39, 0.29) is 17.9 Å². The number of H-pyrrole nitrogens is 1. The summed E-state index contributed by atoms with van der Waals surface area (Å²) in [6, 6.07) is 3.64. The molecular weight excluding hydrogens is 259 g/mol. The fraction of sp³-hybridized carbons (Fsp3) is 0.182. The summed E-state index contributed by atoms with van der Waals surface area (Å²) in [5, 5.41) is 11.5. The van der Waals surface area contributed by atoms with Crippen LogP contribution >= 0.6 is 0 Å². The molecule has 0 unspecified atom stereocenters. The molecule has 0 aliphatic carbocycles. The summed E-state index contributed by atoms with van der Waals surface area (Å²) in [7, 11) is 0. The van der Waals surface area contributed by atoms with Gasteiger partial charge in [-0.25, -0.2) is 9.97 Å². The largest absolute Gasteiger partial charge is 0.433 e. The van der Waals surface area contributed by atoms with Crippen LogP contribution in [0.1, 0.15) is 17.1 Å². The molecule has 2 aromatic rings. The molecule has 2 aromatic heterocycles. The molecule has 0 aliphatic heterocycles. The quantitative estimate of drug-likeness (QED) is 0.894. The molecule has 0 aromatic carbocycles. The van der Waals surface area contributed by atoms with Gasteiger partial charge < -0.3 is 10.3 Å². The van der Waals surface area contributed by atoms with Gasteiger partial charge in [0.2, 0.25) is 0 Å². The summed E-state index contributed by atoms with van der Waals surface area (Å²) in [5.41, 5.74) is -1.01. The summed E-state index contributed by atoms with van der Waals surface area (Å²) in [4.78, 5) is 10.1. The normalized spacial score (nSPS) is 11.1. The fourth-order valence-corrected chi connectivity index (χ4v) is 1.40. The Morgan fingerprint density at radius 3 is 2.74 bits per heavy atom. The van der Waals surface area contributed by atoms with Gasteiger partial charge in [0.1, 0.15) is 23.4 Å². The molecule has 8 heteroatoms. The number of anilines is 1. The van der Waals surface area contributed by atoms with Crippen molar-refractivity contribution in [3.05, 3.63) is 41.6 Å². The number of nitrogens with zero attached hydrogens (tertiary/aromatic N) is 3. The third-order valence-corrected chi connectivity index (χ3v) is 2.28. The second-order valence-electron chi connectivity index (χ2n) is 3.59.